The van der Waals surface area contributed by atoms with Crippen LogP contribution in [-0.4, -0.2) is 27.5 Å². The quantitative estimate of drug-likeness (QED) is 0.523. The number of aromatic amines is 1. The maximum atomic E-state index is 11.8. The fourth-order valence-electron chi connectivity index (χ4n) is 2.23. The highest BCUT2D eigenvalue weighted by Crippen LogP contribution is 2.18. The smallest absolute Gasteiger partial charge is 0.248 e. The van der Waals surface area contributed by atoms with Crippen molar-refractivity contribution < 1.29 is 9.59 Å². The Kier molecular flexibility index (Phi) is 7.06. The van der Waals surface area contributed by atoms with E-state index < -0.39 is 0 Å². The Morgan fingerprint density at radius 3 is 2.52 bits per heavy atom. The van der Waals surface area contributed by atoms with Crippen molar-refractivity contribution in [1.29, 1.82) is 0 Å². The number of amides is 2. The van der Waals surface area contributed by atoms with Gasteiger partial charge in [0.15, 0.2) is 5.16 Å². The minimum Gasteiger partial charge on any atom is -0.337 e. The van der Waals surface area contributed by atoms with Gasteiger partial charge in [0.05, 0.1) is 11.4 Å². The van der Waals surface area contributed by atoms with Gasteiger partial charge in [0.2, 0.25) is 11.8 Å². The maximum absolute atomic E-state index is 11.8. The fourth-order valence-corrected chi connectivity index (χ4v) is 2.97. The number of hydrogen-bond acceptors (Lipinski definition) is 4. The van der Waals surface area contributed by atoms with E-state index in [1.54, 1.807) is 0 Å². The number of nitrogens with one attached hydrogen (secondary N) is 3. The first-order chi connectivity index (χ1) is 11.9. The van der Waals surface area contributed by atoms with Gasteiger partial charge in [-0.25, -0.2) is 4.98 Å². The molecule has 0 fully saturated rings. The molecule has 0 atom stereocenters. The summed E-state index contributed by atoms with van der Waals surface area (Å²) >= 11 is 1.31. The monoisotopic (exact) mass is 360 g/mol. The van der Waals surface area contributed by atoms with E-state index in [4.69, 9.17) is 0 Å². The van der Waals surface area contributed by atoms with E-state index in [1.165, 1.54) is 17.3 Å². The average molecular weight is 360 g/mol. The topological polar surface area (TPSA) is 86.9 Å². The van der Waals surface area contributed by atoms with Gasteiger partial charge in [-0.1, -0.05) is 55.9 Å². The third-order valence-corrected chi connectivity index (χ3v) is 4.33. The van der Waals surface area contributed by atoms with Crippen molar-refractivity contribution in [1.82, 2.24) is 20.8 Å². The number of H-pyrrole nitrogens is 1. The third-order valence-electron chi connectivity index (χ3n) is 3.45. The fraction of sp³-hybridized carbons (Fsp3) is 0.389. The lowest BCUT2D eigenvalue weighted by atomic mass is 10.1. The first kappa shape index (κ1) is 19.1. The van der Waals surface area contributed by atoms with E-state index in [9.17, 15) is 9.59 Å². The summed E-state index contributed by atoms with van der Waals surface area (Å²) in [5, 5.41) is 0.701. The van der Waals surface area contributed by atoms with Gasteiger partial charge >= 0.3 is 0 Å². The highest BCUT2D eigenvalue weighted by atomic mass is 32.2. The number of nitrogens with zero attached hydrogens (tertiary/aromatic N) is 1. The molecular weight excluding hydrogens is 336 g/mol. The third kappa shape index (κ3) is 6.62. The molecular formula is C18H24N4O2S. The second-order valence-electron chi connectivity index (χ2n) is 6.26. The summed E-state index contributed by atoms with van der Waals surface area (Å²) in [6.45, 7) is 5.87. The minimum absolute atomic E-state index is 0.180. The molecule has 0 unspecified atom stereocenters. The molecule has 2 amide bonds. The van der Waals surface area contributed by atoms with E-state index in [2.05, 4.69) is 33.0 Å². The van der Waals surface area contributed by atoms with Crippen LogP contribution in [0.4, 0.5) is 0 Å². The number of carbonyl (C=O) groups is 2. The summed E-state index contributed by atoms with van der Waals surface area (Å²) in [4.78, 5) is 31.1. The van der Waals surface area contributed by atoms with Gasteiger partial charge < -0.3 is 4.98 Å². The minimum atomic E-state index is -0.263. The van der Waals surface area contributed by atoms with E-state index in [0.29, 0.717) is 11.6 Å². The van der Waals surface area contributed by atoms with Crippen LogP contribution in [0.25, 0.3) is 0 Å². The summed E-state index contributed by atoms with van der Waals surface area (Å²) in [6.07, 6.45) is 1.13. The zero-order valence-corrected chi connectivity index (χ0v) is 15.6. The number of thioether (sulfide) groups is 1. The number of benzene rings is 1. The van der Waals surface area contributed by atoms with Crippen molar-refractivity contribution in [2.24, 2.45) is 5.92 Å². The Morgan fingerprint density at radius 1 is 1.16 bits per heavy atom. The standard InChI is InChI=1S/C18H24N4O2S/c1-12(2)9-16(23)21-22-17(24)11-25-18-19-13(3)15(20-18)10-14-7-5-4-6-8-14/h4-8,12H,9-11H2,1-3H3,(H,19,20)(H,21,23)(H,22,24). The highest BCUT2D eigenvalue weighted by molar-refractivity contribution is 7.99. The van der Waals surface area contributed by atoms with E-state index in [1.807, 2.05) is 39.0 Å². The summed E-state index contributed by atoms with van der Waals surface area (Å²) in [5.74, 6) is -0.0202. The highest BCUT2D eigenvalue weighted by Gasteiger charge is 2.11. The van der Waals surface area contributed by atoms with Crippen LogP contribution < -0.4 is 10.9 Å². The lowest BCUT2D eigenvalue weighted by Crippen LogP contribution is -2.42. The zero-order valence-electron chi connectivity index (χ0n) is 14.8. The molecule has 0 aliphatic rings. The largest absolute Gasteiger partial charge is 0.337 e. The molecule has 6 nitrogen and oxygen atoms in total. The second kappa shape index (κ2) is 9.27. The molecule has 0 saturated carbocycles. The summed E-state index contributed by atoms with van der Waals surface area (Å²) in [6, 6.07) is 10.1. The van der Waals surface area contributed by atoms with E-state index >= 15 is 0 Å². The van der Waals surface area contributed by atoms with Crippen LogP contribution in [0, 0.1) is 12.8 Å². The first-order valence-corrected chi connectivity index (χ1v) is 9.22. The van der Waals surface area contributed by atoms with Gasteiger partial charge in [0.25, 0.3) is 0 Å². The number of aryl methyl sites for hydroxylation is 1. The van der Waals surface area contributed by atoms with Crippen LogP contribution in [0.1, 0.15) is 37.2 Å². The van der Waals surface area contributed by atoms with E-state index in [-0.39, 0.29) is 23.5 Å². The van der Waals surface area contributed by atoms with Gasteiger partial charge in [-0.05, 0) is 18.4 Å². The lowest BCUT2D eigenvalue weighted by molar-refractivity contribution is -0.128. The van der Waals surface area contributed by atoms with Crippen LogP contribution in [0.5, 0.6) is 0 Å². The lowest BCUT2D eigenvalue weighted by Gasteiger charge is -2.08. The normalized spacial score (nSPS) is 10.7. The molecule has 2 aromatic rings. The van der Waals surface area contributed by atoms with Crippen molar-refractivity contribution in [3.05, 3.63) is 47.3 Å². The average Bonchev–Trinajstić information content (AvgIpc) is 2.91. The molecule has 25 heavy (non-hydrogen) atoms. The predicted molar refractivity (Wildman–Crippen MR) is 99.0 cm³/mol. The Hall–Kier alpha value is -2.28. The maximum Gasteiger partial charge on any atom is 0.248 e. The number of aromatic nitrogens is 2. The summed E-state index contributed by atoms with van der Waals surface area (Å²) < 4.78 is 0. The molecule has 3 N–H and O–H groups in total. The Morgan fingerprint density at radius 2 is 1.84 bits per heavy atom. The van der Waals surface area contributed by atoms with Crippen LogP contribution >= 0.6 is 11.8 Å². The molecule has 2 rings (SSSR count). The number of hydrogen-bond donors (Lipinski definition) is 3. The summed E-state index contributed by atoms with van der Waals surface area (Å²) in [7, 11) is 0. The van der Waals surface area contributed by atoms with E-state index in [0.717, 1.165) is 17.8 Å². The first-order valence-electron chi connectivity index (χ1n) is 8.24. The van der Waals surface area contributed by atoms with Crippen molar-refractivity contribution >= 4 is 23.6 Å². The number of imidazole rings is 1. The van der Waals surface area contributed by atoms with Crippen molar-refractivity contribution in [2.75, 3.05) is 5.75 Å². The Balaban J connectivity index is 1.80. The zero-order chi connectivity index (χ0) is 18.2. The van der Waals surface area contributed by atoms with Gasteiger partial charge in [-0.15, -0.1) is 0 Å². The van der Waals surface area contributed by atoms with Gasteiger partial charge in [0, 0.05) is 18.5 Å². The van der Waals surface area contributed by atoms with Crippen molar-refractivity contribution in [3.8, 4) is 0 Å². The van der Waals surface area contributed by atoms with Crippen molar-refractivity contribution in [2.45, 2.75) is 38.8 Å². The SMILES string of the molecule is Cc1[nH]c(SCC(=O)NNC(=O)CC(C)C)nc1Cc1ccccc1. The number of hydrazine groups is 1. The Labute approximate surface area is 152 Å². The number of carbonyl (C=O) groups excluding carboxylic acids is 2. The van der Waals surface area contributed by atoms with Crippen LogP contribution in [0.3, 0.4) is 0 Å². The Bertz CT molecular complexity index is 713. The molecule has 1 heterocycles. The molecule has 0 spiro atoms. The molecule has 0 aliphatic heterocycles. The molecule has 1 aromatic heterocycles. The molecule has 134 valence electrons. The molecule has 0 saturated heterocycles. The molecule has 0 radical (unpaired) electrons. The van der Waals surface area contributed by atoms with Crippen LogP contribution in [-0.2, 0) is 16.0 Å². The van der Waals surface area contributed by atoms with Gasteiger partial charge in [0.1, 0.15) is 0 Å². The van der Waals surface area contributed by atoms with Crippen molar-refractivity contribution in [3.63, 3.8) is 0 Å². The predicted octanol–water partition coefficient (Wildman–Crippen LogP) is 2.59. The molecule has 0 bridgehead atoms. The van der Waals surface area contributed by atoms with Crippen LogP contribution in [0.2, 0.25) is 0 Å². The number of rotatable bonds is 7. The second-order valence-corrected chi connectivity index (χ2v) is 7.22. The van der Waals surface area contributed by atoms with Gasteiger partial charge in [-0.3, -0.25) is 20.4 Å². The molecule has 1 aromatic carbocycles. The summed E-state index contributed by atoms with van der Waals surface area (Å²) in [5.41, 5.74) is 8.00. The molecule has 0 aliphatic carbocycles. The van der Waals surface area contributed by atoms with Crippen LogP contribution in [0.15, 0.2) is 35.5 Å². The van der Waals surface area contributed by atoms with Gasteiger partial charge in [-0.2, -0.15) is 0 Å². The molecule has 7 heteroatoms.